The van der Waals surface area contributed by atoms with E-state index in [1.165, 1.54) is 0 Å². The molecular formula is C18H22N2O4S. The molecule has 0 saturated carbocycles. The first-order valence-corrected chi connectivity index (χ1v) is 9.83. The van der Waals surface area contributed by atoms with E-state index in [0.717, 1.165) is 24.7 Å². The van der Waals surface area contributed by atoms with Crippen LogP contribution in [0.25, 0.3) is 0 Å². The normalized spacial score (nSPS) is 10.9. The van der Waals surface area contributed by atoms with Gasteiger partial charge in [-0.15, -0.1) is 0 Å². The summed E-state index contributed by atoms with van der Waals surface area (Å²) in [5.74, 6) is 0.511. The molecule has 2 N–H and O–H groups in total. The number of hydrogen-bond donors (Lipinski definition) is 2. The van der Waals surface area contributed by atoms with E-state index in [4.69, 9.17) is 4.74 Å². The Hall–Kier alpha value is -2.54. The summed E-state index contributed by atoms with van der Waals surface area (Å²) in [5, 5.41) is 2.81. The largest absolute Gasteiger partial charge is 0.484 e. The number of carbonyl (C=O) groups excluding carboxylic acids is 1. The van der Waals surface area contributed by atoms with Crippen molar-refractivity contribution in [1.29, 1.82) is 0 Å². The lowest BCUT2D eigenvalue weighted by molar-refractivity contribution is -0.123. The molecule has 0 aliphatic rings. The average molecular weight is 362 g/mol. The highest BCUT2D eigenvalue weighted by Gasteiger charge is 2.03. The van der Waals surface area contributed by atoms with E-state index >= 15 is 0 Å². The summed E-state index contributed by atoms with van der Waals surface area (Å²) in [4.78, 5) is 11.7. The second-order valence-corrected chi connectivity index (χ2v) is 7.37. The monoisotopic (exact) mass is 362 g/mol. The first-order valence-electron chi connectivity index (χ1n) is 7.94. The molecule has 0 aliphatic carbocycles. The molecule has 0 aromatic heterocycles. The van der Waals surface area contributed by atoms with Crippen molar-refractivity contribution in [3.05, 3.63) is 60.2 Å². The quantitative estimate of drug-likeness (QED) is 0.670. The number of anilines is 1. The van der Waals surface area contributed by atoms with Crippen LogP contribution in [0.1, 0.15) is 12.0 Å². The van der Waals surface area contributed by atoms with E-state index in [2.05, 4.69) is 10.0 Å². The fraction of sp³-hybridized carbons (Fsp3) is 0.278. The first kappa shape index (κ1) is 18.8. The molecule has 0 saturated heterocycles. The van der Waals surface area contributed by atoms with Crippen LogP contribution in [0.3, 0.4) is 0 Å². The molecule has 0 bridgehead atoms. The number of para-hydroxylation sites is 1. The van der Waals surface area contributed by atoms with E-state index in [9.17, 15) is 13.2 Å². The number of rotatable bonds is 9. The smallest absolute Gasteiger partial charge is 0.257 e. The van der Waals surface area contributed by atoms with Crippen molar-refractivity contribution in [2.45, 2.75) is 12.8 Å². The van der Waals surface area contributed by atoms with Crippen LogP contribution >= 0.6 is 0 Å². The second-order valence-electron chi connectivity index (χ2n) is 5.63. The third kappa shape index (κ3) is 7.71. The highest BCUT2D eigenvalue weighted by Crippen LogP contribution is 2.12. The van der Waals surface area contributed by atoms with Gasteiger partial charge in [0.1, 0.15) is 5.75 Å². The Morgan fingerprint density at radius 1 is 1.04 bits per heavy atom. The maximum absolute atomic E-state index is 11.7. The lowest BCUT2D eigenvalue weighted by Crippen LogP contribution is -2.29. The van der Waals surface area contributed by atoms with Crippen LogP contribution in [0, 0.1) is 0 Å². The third-order valence-corrected chi connectivity index (χ3v) is 3.94. The molecule has 6 nitrogen and oxygen atoms in total. The highest BCUT2D eigenvalue weighted by atomic mass is 32.2. The van der Waals surface area contributed by atoms with Gasteiger partial charge in [-0.2, -0.15) is 0 Å². The summed E-state index contributed by atoms with van der Waals surface area (Å²) in [6, 6.07) is 16.4. The minimum Gasteiger partial charge on any atom is -0.484 e. The second kappa shape index (κ2) is 9.08. The Balaban J connectivity index is 1.64. The van der Waals surface area contributed by atoms with Gasteiger partial charge in [0.2, 0.25) is 10.0 Å². The molecule has 0 spiro atoms. The van der Waals surface area contributed by atoms with E-state index in [1.54, 1.807) is 24.3 Å². The molecule has 0 fully saturated rings. The average Bonchev–Trinajstić information content (AvgIpc) is 2.58. The van der Waals surface area contributed by atoms with E-state index in [-0.39, 0.29) is 12.5 Å². The number of nitrogens with one attached hydrogen (secondary N) is 2. The van der Waals surface area contributed by atoms with Gasteiger partial charge < -0.3 is 10.1 Å². The number of amides is 1. The van der Waals surface area contributed by atoms with Gasteiger partial charge in [-0.25, -0.2) is 8.42 Å². The summed E-state index contributed by atoms with van der Waals surface area (Å²) in [5.41, 5.74) is 1.62. The summed E-state index contributed by atoms with van der Waals surface area (Å²) in [6.45, 7) is 0.552. The molecule has 2 aromatic carbocycles. The van der Waals surface area contributed by atoms with Gasteiger partial charge in [0, 0.05) is 12.2 Å². The number of ether oxygens (including phenoxy) is 1. The summed E-state index contributed by atoms with van der Waals surface area (Å²) < 4.78 is 30.1. The molecule has 0 unspecified atom stereocenters. The molecular weight excluding hydrogens is 340 g/mol. The highest BCUT2D eigenvalue weighted by molar-refractivity contribution is 7.92. The number of hydrogen-bond acceptors (Lipinski definition) is 4. The lowest BCUT2D eigenvalue weighted by Gasteiger charge is -2.08. The van der Waals surface area contributed by atoms with Crippen molar-refractivity contribution < 1.29 is 17.9 Å². The van der Waals surface area contributed by atoms with Gasteiger partial charge in [-0.1, -0.05) is 30.3 Å². The Morgan fingerprint density at radius 2 is 1.72 bits per heavy atom. The van der Waals surface area contributed by atoms with Crippen molar-refractivity contribution >= 4 is 21.6 Å². The minimum absolute atomic E-state index is 0.00410. The minimum atomic E-state index is -3.26. The van der Waals surface area contributed by atoms with Gasteiger partial charge >= 0.3 is 0 Å². The predicted octanol–water partition coefficient (Wildman–Crippen LogP) is 2.19. The molecule has 2 rings (SSSR count). The van der Waals surface area contributed by atoms with E-state index in [1.807, 2.05) is 30.3 Å². The molecule has 134 valence electrons. The molecule has 25 heavy (non-hydrogen) atoms. The Labute approximate surface area is 148 Å². The summed E-state index contributed by atoms with van der Waals surface area (Å²) >= 11 is 0. The Bertz CT molecular complexity index is 774. The van der Waals surface area contributed by atoms with Gasteiger partial charge in [0.05, 0.1) is 6.26 Å². The molecule has 2 aromatic rings. The number of aryl methyl sites for hydroxylation is 1. The molecule has 1 amide bonds. The van der Waals surface area contributed by atoms with Crippen LogP contribution in [0.15, 0.2) is 54.6 Å². The van der Waals surface area contributed by atoms with Crippen LogP contribution in [0.2, 0.25) is 0 Å². The van der Waals surface area contributed by atoms with Crippen LogP contribution in [0.4, 0.5) is 5.69 Å². The number of benzene rings is 2. The SMILES string of the molecule is CS(=O)(=O)Nc1ccc(CCCNC(=O)COc2ccccc2)cc1. The standard InChI is InChI=1S/C18H22N2O4S/c1-25(22,23)20-16-11-9-15(10-12-16)6-5-13-19-18(21)14-24-17-7-3-2-4-8-17/h2-4,7-12,20H,5-6,13-14H2,1H3,(H,19,21). The number of sulfonamides is 1. The maximum Gasteiger partial charge on any atom is 0.257 e. The van der Waals surface area contributed by atoms with Crippen LogP contribution in [-0.2, 0) is 21.2 Å². The number of carbonyl (C=O) groups is 1. The zero-order chi connectivity index (χ0) is 18.1. The first-order chi connectivity index (χ1) is 11.9. The summed E-state index contributed by atoms with van der Waals surface area (Å²) in [7, 11) is -3.26. The fourth-order valence-electron chi connectivity index (χ4n) is 2.19. The Kier molecular flexibility index (Phi) is 6.82. The zero-order valence-corrected chi connectivity index (χ0v) is 14.9. The van der Waals surface area contributed by atoms with Crippen molar-refractivity contribution in [2.24, 2.45) is 0 Å². The van der Waals surface area contributed by atoms with Crippen molar-refractivity contribution in [3.63, 3.8) is 0 Å². The van der Waals surface area contributed by atoms with Crippen molar-refractivity contribution in [1.82, 2.24) is 5.32 Å². The molecule has 7 heteroatoms. The van der Waals surface area contributed by atoms with Crippen LogP contribution < -0.4 is 14.8 Å². The van der Waals surface area contributed by atoms with Crippen LogP contribution in [-0.4, -0.2) is 33.7 Å². The van der Waals surface area contributed by atoms with Crippen molar-refractivity contribution in [3.8, 4) is 5.75 Å². The van der Waals surface area contributed by atoms with Gasteiger partial charge in [0.15, 0.2) is 6.61 Å². The van der Waals surface area contributed by atoms with E-state index < -0.39 is 10.0 Å². The topological polar surface area (TPSA) is 84.5 Å². The predicted molar refractivity (Wildman–Crippen MR) is 98.2 cm³/mol. The molecule has 0 aliphatic heterocycles. The molecule has 0 heterocycles. The van der Waals surface area contributed by atoms with Crippen molar-refractivity contribution in [2.75, 3.05) is 24.1 Å². The maximum atomic E-state index is 11.7. The fourth-order valence-corrected chi connectivity index (χ4v) is 2.75. The van der Waals surface area contributed by atoms with Gasteiger partial charge in [0.25, 0.3) is 5.91 Å². The Morgan fingerprint density at radius 3 is 2.36 bits per heavy atom. The molecule has 0 radical (unpaired) electrons. The third-order valence-electron chi connectivity index (χ3n) is 3.33. The van der Waals surface area contributed by atoms with Gasteiger partial charge in [-0.05, 0) is 42.7 Å². The van der Waals surface area contributed by atoms with Gasteiger partial charge in [-0.3, -0.25) is 9.52 Å². The lowest BCUT2D eigenvalue weighted by atomic mass is 10.1. The van der Waals surface area contributed by atoms with Crippen LogP contribution in [0.5, 0.6) is 5.75 Å². The zero-order valence-electron chi connectivity index (χ0n) is 14.1. The summed E-state index contributed by atoms with van der Waals surface area (Å²) in [6.07, 6.45) is 2.69. The van der Waals surface area contributed by atoms with E-state index in [0.29, 0.717) is 18.0 Å². The molecule has 0 atom stereocenters.